The van der Waals surface area contributed by atoms with Gasteiger partial charge in [-0.15, -0.1) is 0 Å². The fourth-order valence-electron chi connectivity index (χ4n) is 3.94. The molecule has 0 amide bonds. The lowest BCUT2D eigenvalue weighted by molar-refractivity contribution is -0.139. The predicted molar refractivity (Wildman–Crippen MR) is 132 cm³/mol. The Morgan fingerprint density at radius 3 is 2.31 bits per heavy atom. The molecule has 1 aromatic heterocycles. The second-order valence-electron chi connectivity index (χ2n) is 9.34. The lowest BCUT2D eigenvalue weighted by Gasteiger charge is -2.29. The van der Waals surface area contributed by atoms with Crippen LogP contribution in [0.4, 0.5) is 4.39 Å². The number of aliphatic hydroxyl groups is 2. The molecule has 0 aliphatic heterocycles. The Morgan fingerprint density at radius 2 is 1.80 bits per heavy atom. The van der Waals surface area contributed by atoms with Crippen molar-refractivity contribution in [2.24, 2.45) is 0 Å². The van der Waals surface area contributed by atoms with Crippen LogP contribution in [0.5, 0.6) is 0 Å². The van der Waals surface area contributed by atoms with E-state index in [1.54, 1.807) is 32.4 Å². The fourth-order valence-corrected chi connectivity index (χ4v) is 3.94. The van der Waals surface area contributed by atoms with Crippen molar-refractivity contribution >= 4 is 12.0 Å². The van der Waals surface area contributed by atoms with Gasteiger partial charge in [0.1, 0.15) is 11.4 Å². The second kappa shape index (κ2) is 12.4. The number of halogens is 1. The molecule has 3 N–H and O–H groups in total. The molecule has 192 valence electrons. The monoisotopic (exact) mass is 489 g/mol. The smallest absolute Gasteiger partial charge is 0.305 e. The summed E-state index contributed by atoms with van der Waals surface area (Å²) in [4.78, 5) is 15.8. The topological polar surface area (TPSA) is 109 Å². The SMILES string of the molecule is COCc1c(C(C)C)nc(C(C)(C)OC)c(/C=C/[C@@H](O)C[C@@H](O)CC(=O)O)c1-c1ccc(F)cc1. The Kier molecular flexibility index (Phi) is 10.1. The van der Waals surface area contributed by atoms with Crippen LogP contribution in [0.3, 0.4) is 0 Å². The van der Waals surface area contributed by atoms with E-state index in [4.69, 9.17) is 19.6 Å². The minimum absolute atomic E-state index is 0.0561. The Morgan fingerprint density at radius 1 is 1.17 bits per heavy atom. The van der Waals surface area contributed by atoms with E-state index < -0.39 is 30.2 Å². The van der Waals surface area contributed by atoms with Gasteiger partial charge in [0.25, 0.3) is 0 Å². The van der Waals surface area contributed by atoms with Crippen molar-refractivity contribution in [1.29, 1.82) is 0 Å². The number of aromatic nitrogens is 1. The van der Waals surface area contributed by atoms with Gasteiger partial charge in [-0.1, -0.05) is 38.1 Å². The molecule has 7 nitrogen and oxygen atoms in total. The highest BCUT2D eigenvalue weighted by Crippen LogP contribution is 2.39. The van der Waals surface area contributed by atoms with Gasteiger partial charge in [-0.3, -0.25) is 9.78 Å². The van der Waals surface area contributed by atoms with Crippen molar-refractivity contribution in [2.75, 3.05) is 14.2 Å². The number of hydrogen-bond donors (Lipinski definition) is 3. The molecule has 0 spiro atoms. The maximum absolute atomic E-state index is 13.8. The van der Waals surface area contributed by atoms with Crippen LogP contribution in [-0.4, -0.2) is 52.7 Å². The minimum atomic E-state index is -1.19. The van der Waals surface area contributed by atoms with E-state index in [0.29, 0.717) is 11.3 Å². The molecule has 8 heteroatoms. The number of aliphatic carboxylic acids is 1. The molecule has 0 radical (unpaired) electrons. The van der Waals surface area contributed by atoms with Crippen LogP contribution >= 0.6 is 0 Å². The first-order chi connectivity index (χ1) is 16.4. The number of nitrogens with zero attached hydrogens (tertiary/aromatic N) is 1. The summed E-state index contributed by atoms with van der Waals surface area (Å²) in [5.74, 6) is -1.45. The Bertz CT molecular complexity index is 1030. The summed E-state index contributed by atoms with van der Waals surface area (Å²) in [6.45, 7) is 8.09. The van der Waals surface area contributed by atoms with Gasteiger partial charge in [-0.2, -0.15) is 0 Å². The maximum atomic E-state index is 13.8. The Labute approximate surface area is 206 Å². The number of ether oxygens (including phenoxy) is 2. The van der Waals surface area contributed by atoms with Crippen molar-refractivity contribution in [3.8, 4) is 11.1 Å². The van der Waals surface area contributed by atoms with E-state index in [-0.39, 0.29) is 24.8 Å². The third kappa shape index (κ3) is 7.41. The molecule has 1 heterocycles. The molecule has 0 bridgehead atoms. The van der Waals surface area contributed by atoms with Crippen LogP contribution in [0.15, 0.2) is 30.3 Å². The number of carbonyl (C=O) groups is 1. The van der Waals surface area contributed by atoms with Crippen LogP contribution in [0.1, 0.15) is 69.0 Å². The van der Waals surface area contributed by atoms with Gasteiger partial charge >= 0.3 is 5.97 Å². The highest BCUT2D eigenvalue weighted by molar-refractivity contribution is 5.80. The van der Waals surface area contributed by atoms with Crippen molar-refractivity contribution in [3.63, 3.8) is 0 Å². The molecular weight excluding hydrogens is 453 g/mol. The molecule has 0 aliphatic carbocycles. The highest BCUT2D eigenvalue weighted by Gasteiger charge is 2.30. The lowest BCUT2D eigenvalue weighted by Crippen LogP contribution is -2.25. The average molecular weight is 490 g/mol. The summed E-state index contributed by atoms with van der Waals surface area (Å²) in [7, 11) is 3.18. The number of aliphatic hydroxyl groups excluding tert-OH is 2. The molecule has 1 aromatic carbocycles. The first-order valence-electron chi connectivity index (χ1n) is 11.5. The second-order valence-corrected chi connectivity index (χ2v) is 9.34. The molecule has 0 aliphatic rings. The quantitative estimate of drug-likeness (QED) is 0.399. The zero-order valence-electron chi connectivity index (χ0n) is 21.2. The molecule has 2 rings (SSSR count). The summed E-state index contributed by atoms with van der Waals surface area (Å²) >= 11 is 0. The number of hydrogen-bond acceptors (Lipinski definition) is 6. The normalized spacial score (nSPS) is 14.0. The summed E-state index contributed by atoms with van der Waals surface area (Å²) in [5, 5.41) is 29.3. The Balaban J connectivity index is 2.80. The van der Waals surface area contributed by atoms with Gasteiger partial charge in [0, 0.05) is 37.5 Å². The fraction of sp³-hybridized carbons (Fsp3) is 0.481. The lowest BCUT2D eigenvalue weighted by atomic mass is 9.85. The number of methoxy groups -OCH3 is 2. The van der Waals surface area contributed by atoms with Gasteiger partial charge in [0.15, 0.2) is 0 Å². The number of pyridine rings is 1. The van der Waals surface area contributed by atoms with Gasteiger partial charge < -0.3 is 24.8 Å². The van der Waals surface area contributed by atoms with E-state index >= 15 is 0 Å². The molecule has 35 heavy (non-hydrogen) atoms. The zero-order chi connectivity index (χ0) is 26.3. The van der Waals surface area contributed by atoms with E-state index in [1.165, 1.54) is 18.2 Å². The number of rotatable bonds is 12. The molecule has 0 fully saturated rings. The van der Waals surface area contributed by atoms with Gasteiger partial charge in [0.05, 0.1) is 30.9 Å². The minimum Gasteiger partial charge on any atom is -0.481 e. The van der Waals surface area contributed by atoms with Crippen molar-refractivity contribution in [1.82, 2.24) is 4.98 Å². The van der Waals surface area contributed by atoms with Crippen LogP contribution < -0.4 is 0 Å². The molecule has 2 atom stereocenters. The first kappa shape index (κ1) is 28.6. The van der Waals surface area contributed by atoms with Crippen LogP contribution in [-0.2, 0) is 26.5 Å². The molecule has 0 saturated carbocycles. The average Bonchev–Trinajstić information content (AvgIpc) is 2.77. The van der Waals surface area contributed by atoms with E-state index in [1.807, 2.05) is 27.7 Å². The zero-order valence-corrected chi connectivity index (χ0v) is 21.2. The van der Waals surface area contributed by atoms with Crippen LogP contribution in [0.2, 0.25) is 0 Å². The maximum Gasteiger partial charge on any atom is 0.305 e. The van der Waals surface area contributed by atoms with Crippen molar-refractivity contribution in [2.45, 2.75) is 70.9 Å². The number of carboxylic acids is 1. The largest absolute Gasteiger partial charge is 0.481 e. The van der Waals surface area contributed by atoms with Crippen LogP contribution in [0, 0.1) is 5.82 Å². The number of benzene rings is 1. The van der Waals surface area contributed by atoms with Crippen molar-refractivity contribution < 1.29 is 34.0 Å². The van der Waals surface area contributed by atoms with Crippen LogP contribution in [0.25, 0.3) is 17.2 Å². The highest BCUT2D eigenvalue weighted by atomic mass is 19.1. The third-order valence-electron chi connectivity index (χ3n) is 5.83. The number of carboxylic acid groups (broad SMARTS) is 1. The summed E-state index contributed by atoms with van der Waals surface area (Å²) in [6, 6.07) is 6.13. The molecular formula is C27H36FNO6. The molecule has 0 unspecified atom stereocenters. The van der Waals surface area contributed by atoms with Gasteiger partial charge in [0.2, 0.25) is 0 Å². The van der Waals surface area contributed by atoms with E-state index in [0.717, 1.165) is 22.4 Å². The predicted octanol–water partition coefficient (Wildman–Crippen LogP) is 4.64. The summed E-state index contributed by atoms with van der Waals surface area (Å²) < 4.78 is 25.1. The van der Waals surface area contributed by atoms with Crippen molar-refractivity contribution in [3.05, 3.63) is 58.7 Å². The van der Waals surface area contributed by atoms with E-state index in [9.17, 15) is 19.4 Å². The third-order valence-corrected chi connectivity index (χ3v) is 5.83. The molecule has 2 aromatic rings. The van der Waals surface area contributed by atoms with Gasteiger partial charge in [-0.05, 0) is 43.0 Å². The van der Waals surface area contributed by atoms with Gasteiger partial charge in [-0.25, -0.2) is 4.39 Å². The first-order valence-corrected chi connectivity index (χ1v) is 11.5. The standard InChI is InChI=1S/C27H36FNO6/c1-16(2)25-22(15-34-5)24(17-7-9-18(28)10-8-17)21(26(29-25)27(3,4)35-6)12-11-19(30)13-20(31)14-23(32)33/h7-12,16,19-20,30-31H,13-15H2,1-6H3,(H,32,33)/b12-11+/t19-,20-/m1/s1. The summed E-state index contributed by atoms with van der Waals surface area (Å²) in [5.41, 5.74) is 3.66. The summed E-state index contributed by atoms with van der Waals surface area (Å²) in [6.07, 6.45) is 0.305. The molecule has 0 saturated heterocycles. The Hall–Kier alpha value is -2.65. The van der Waals surface area contributed by atoms with E-state index in [2.05, 4.69) is 0 Å².